The molecule has 0 heterocycles. The van der Waals surface area contributed by atoms with E-state index in [0.29, 0.717) is 0 Å². The molecule has 0 aromatic heterocycles. The molecular formula is C19H23N3O. The van der Waals surface area contributed by atoms with Crippen LogP contribution >= 0.6 is 0 Å². The SMILES string of the molecule is CC(=O)Nc1cccc(C(C)NC2CC(N)c3ccccc32)c1. The van der Waals surface area contributed by atoms with Crippen molar-refractivity contribution in [3.05, 3.63) is 65.2 Å². The molecule has 0 spiro atoms. The summed E-state index contributed by atoms with van der Waals surface area (Å²) in [6, 6.07) is 16.9. The Morgan fingerprint density at radius 2 is 1.91 bits per heavy atom. The highest BCUT2D eigenvalue weighted by Gasteiger charge is 2.29. The molecule has 0 radical (unpaired) electrons. The Bertz CT molecular complexity index is 713. The van der Waals surface area contributed by atoms with Gasteiger partial charge in [0.05, 0.1) is 0 Å². The maximum atomic E-state index is 11.2. The second-order valence-electron chi connectivity index (χ2n) is 6.22. The summed E-state index contributed by atoms with van der Waals surface area (Å²) >= 11 is 0. The van der Waals surface area contributed by atoms with Gasteiger partial charge in [-0.25, -0.2) is 0 Å². The molecule has 23 heavy (non-hydrogen) atoms. The average molecular weight is 309 g/mol. The van der Waals surface area contributed by atoms with Crippen LogP contribution in [0, 0.1) is 0 Å². The fourth-order valence-electron chi connectivity index (χ4n) is 3.32. The summed E-state index contributed by atoms with van der Waals surface area (Å²) in [5, 5.41) is 6.50. The number of hydrogen-bond donors (Lipinski definition) is 3. The van der Waals surface area contributed by atoms with Crippen LogP contribution in [0.1, 0.15) is 55.1 Å². The highest BCUT2D eigenvalue weighted by molar-refractivity contribution is 5.88. The van der Waals surface area contributed by atoms with Crippen LogP contribution in [0.25, 0.3) is 0 Å². The molecule has 0 saturated heterocycles. The van der Waals surface area contributed by atoms with Gasteiger partial charge in [-0.2, -0.15) is 0 Å². The summed E-state index contributed by atoms with van der Waals surface area (Å²) in [6.45, 7) is 3.66. The van der Waals surface area contributed by atoms with Gasteiger partial charge in [-0.3, -0.25) is 4.79 Å². The smallest absolute Gasteiger partial charge is 0.221 e. The summed E-state index contributed by atoms with van der Waals surface area (Å²) in [6.07, 6.45) is 0.912. The standard InChI is InChI=1S/C19H23N3O/c1-12(14-6-5-7-15(10-14)22-13(2)23)21-19-11-18(20)16-8-3-4-9-17(16)19/h3-10,12,18-19,21H,11,20H2,1-2H3,(H,22,23). The van der Waals surface area contributed by atoms with Gasteiger partial charge < -0.3 is 16.4 Å². The number of carbonyl (C=O) groups is 1. The Morgan fingerprint density at radius 1 is 1.17 bits per heavy atom. The number of benzene rings is 2. The number of rotatable bonds is 4. The van der Waals surface area contributed by atoms with Crippen molar-refractivity contribution in [1.82, 2.24) is 5.32 Å². The van der Waals surface area contributed by atoms with E-state index in [9.17, 15) is 4.79 Å². The maximum absolute atomic E-state index is 11.2. The Balaban J connectivity index is 1.75. The van der Waals surface area contributed by atoms with E-state index in [1.54, 1.807) is 0 Å². The molecule has 4 N–H and O–H groups in total. The zero-order chi connectivity index (χ0) is 16.4. The van der Waals surface area contributed by atoms with Crippen molar-refractivity contribution < 1.29 is 4.79 Å². The fraction of sp³-hybridized carbons (Fsp3) is 0.316. The lowest BCUT2D eigenvalue weighted by atomic mass is 10.0. The first-order valence-corrected chi connectivity index (χ1v) is 8.02. The Labute approximate surface area is 137 Å². The number of fused-ring (bicyclic) bond motifs is 1. The third kappa shape index (κ3) is 3.44. The van der Waals surface area contributed by atoms with Crippen molar-refractivity contribution in [3.63, 3.8) is 0 Å². The molecule has 3 rings (SSSR count). The molecule has 1 amide bonds. The second-order valence-corrected chi connectivity index (χ2v) is 6.22. The highest BCUT2D eigenvalue weighted by Crippen LogP contribution is 2.38. The van der Waals surface area contributed by atoms with Gasteiger partial charge in [0.2, 0.25) is 5.91 Å². The van der Waals surface area contributed by atoms with Crippen LogP contribution in [0.4, 0.5) is 5.69 Å². The molecule has 120 valence electrons. The third-order valence-corrected chi connectivity index (χ3v) is 4.42. The molecule has 1 aliphatic rings. The van der Waals surface area contributed by atoms with E-state index in [1.165, 1.54) is 18.1 Å². The topological polar surface area (TPSA) is 67.2 Å². The van der Waals surface area contributed by atoms with Crippen molar-refractivity contribution in [2.45, 2.75) is 38.4 Å². The van der Waals surface area contributed by atoms with Gasteiger partial charge in [-0.05, 0) is 42.2 Å². The lowest BCUT2D eigenvalue weighted by Gasteiger charge is -2.21. The van der Waals surface area contributed by atoms with Gasteiger partial charge in [-0.1, -0.05) is 36.4 Å². The van der Waals surface area contributed by atoms with E-state index in [2.05, 4.69) is 41.8 Å². The largest absolute Gasteiger partial charge is 0.326 e. The molecule has 2 aromatic rings. The van der Waals surface area contributed by atoms with Crippen LogP contribution in [-0.4, -0.2) is 5.91 Å². The van der Waals surface area contributed by atoms with E-state index in [-0.39, 0.29) is 24.0 Å². The summed E-state index contributed by atoms with van der Waals surface area (Å²) in [5.74, 6) is -0.0570. The lowest BCUT2D eigenvalue weighted by Crippen LogP contribution is -2.23. The molecule has 0 bridgehead atoms. The van der Waals surface area contributed by atoms with Crippen LogP contribution in [0.3, 0.4) is 0 Å². The summed E-state index contributed by atoms with van der Waals surface area (Å²) in [4.78, 5) is 11.2. The van der Waals surface area contributed by atoms with Crippen molar-refractivity contribution in [3.8, 4) is 0 Å². The van der Waals surface area contributed by atoms with Gasteiger partial charge in [0.25, 0.3) is 0 Å². The predicted molar refractivity (Wildman–Crippen MR) is 93.0 cm³/mol. The normalized spacial score (nSPS) is 20.8. The van der Waals surface area contributed by atoms with Crippen LogP contribution in [0.2, 0.25) is 0 Å². The molecule has 2 aromatic carbocycles. The Kier molecular flexibility index (Phi) is 4.46. The minimum Gasteiger partial charge on any atom is -0.326 e. The molecular weight excluding hydrogens is 286 g/mol. The molecule has 3 atom stereocenters. The first-order chi connectivity index (χ1) is 11.0. The number of anilines is 1. The molecule has 0 aliphatic heterocycles. The molecule has 1 aliphatic carbocycles. The fourth-order valence-corrected chi connectivity index (χ4v) is 3.32. The number of hydrogen-bond acceptors (Lipinski definition) is 3. The maximum Gasteiger partial charge on any atom is 0.221 e. The van der Waals surface area contributed by atoms with E-state index in [1.807, 2.05) is 24.3 Å². The van der Waals surface area contributed by atoms with Crippen LogP contribution in [0.15, 0.2) is 48.5 Å². The Morgan fingerprint density at radius 3 is 2.65 bits per heavy atom. The number of amides is 1. The Hall–Kier alpha value is -2.17. The van der Waals surface area contributed by atoms with Crippen LogP contribution in [0.5, 0.6) is 0 Å². The van der Waals surface area contributed by atoms with Crippen molar-refractivity contribution in [2.24, 2.45) is 5.73 Å². The monoisotopic (exact) mass is 309 g/mol. The van der Waals surface area contributed by atoms with Crippen molar-refractivity contribution >= 4 is 11.6 Å². The van der Waals surface area contributed by atoms with Crippen molar-refractivity contribution in [1.29, 1.82) is 0 Å². The zero-order valence-corrected chi connectivity index (χ0v) is 13.5. The quantitative estimate of drug-likeness (QED) is 0.810. The number of nitrogens with one attached hydrogen (secondary N) is 2. The zero-order valence-electron chi connectivity index (χ0n) is 13.5. The van der Waals surface area contributed by atoms with E-state index in [0.717, 1.165) is 17.7 Å². The number of carbonyl (C=O) groups excluding carboxylic acids is 1. The third-order valence-electron chi connectivity index (χ3n) is 4.42. The van der Waals surface area contributed by atoms with Gasteiger partial charge in [0.1, 0.15) is 0 Å². The molecule has 0 saturated carbocycles. The lowest BCUT2D eigenvalue weighted by molar-refractivity contribution is -0.114. The van der Waals surface area contributed by atoms with Crippen LogP contribution in [-0.2, 0) is 4.79 Å². The molecule has 4 nitrogen and oxygen atoms in total. The van der Waals surface area contributed by atoms with Gasteiger partial charge >= 0.3 is 0 Å². The summed E-state index contributed by atoms with van der Waals surface area (Å²) < 4.78 is 0. The van der Waals surface area contributed by atoms with Crippen LogP contribution < -0.4 is 16.4 Å². The van der Waals surface area contributed by atoms with E-state index in [4.69, 9.17) is 5.73 Å². The van der Waals surface area contributed by atoms with Gasteiger partial charge in [0, 0.05) is 30.7 Å². The van der Waals surface area contributed by atoms with Crippen molar-refractivity contribution in [2.75, 3.05) is 5.32 Å². The highest BCUT2D eigenvalue weighted by atomic mass is 16.1. The first-order valence-electron chi connectivity index (χ1n) is 8.02. The predicted octanol–water partition coefficient (Wildman–Crippen LogP) is 3.44. The van der Waals surface area contributed by atoms with E-state index >= 15 is 0 Å². The number of nitrogens with two attached hydrogens (primary N) is 1. The van der Waals surface area contributed by atoms with E-state index < -0.39 is 0 Å². The second kappa shape index (κ2) is 6.52. The first kappa shape index (κ1) is 15.7. The summed E-state index contributed by atoms with van der Waals surface area (Å²) in [5.41, 5.74) is 10.8. The molecule has 4 heteroatoms. The minimum atomic E-state index is -0.0570. The average Bonchev–Trinajstić information content (AvgIpc) is 2.84. The molecule has 3 unspecified atom stereocenters. The minimum absolute atomic E-state index is 0.0570. The van der Waals surface area contributed by atoms with Gasteiger partial charge in [0.15, 0.2) is 0 Å². The summed E-state index contributed by atoms with van der Waals surface area (Å²) in [7, 11) is 0. The molecule has 0 fully saturated rings. The van der Waals surface area contributed by atoms with Gasteiger partial charge in [-0.15, -0.1) is 0 Å².